The second-order valence-electron chi connectivity index (χ2n) is 10.2. The predicted molar refractivity (Wildman–Crippen MR) is 135 cm³/mol. The van der Waals surface area contributed by atoms with Gasteiger partial charge in [-0.2, -0.15) is 0 Å². The monoisotopic (exact) mass is 476 g/mol. The number of allylic oxidation sites excluding steroid dienone is 2. The van der Waals surface area contributed by atoms with Crippen LogP contribution in [-0.4, -0.2) is 8.42 Å². The van der Waals surface area contributed by atoms with E-state index in [9.17, 15) is 12.8 Å². The van der Waals surface area contributed by atoms with Crippen molar-refractivity contribution in [3.05, 3.63) is 101 Å². The van der Waals surface area contributed by atoms with Crippen LogP contribution in [0.4, 0.5) is 15.8 Å². The van der Waals surface area contributed by atoms with Crippen LogP contribution in [0.5, 0.6) is 0 Å². The first-order chi connectivity index (χ1) is 16.1. The van der Waals surface area contributed by atoms with Gasteiger partial charge < -0.3 is 5.32 Å². The average Bonchev–Trinajstić information content (AvgIpc) is 3.29. The molecule has 5 rings (SSSR count). The summed E-state index contributed by atoms with van der Waals surface area (Å²) >= 11 is 0. The number of anilines is 2. The normalized spacial score (nSPS) is 21.5. The maximum Gasteiger partial charge on any atom is 0.261 e. The highest BCUT2D eigenvalue weighted by molar-refractivity contribution is 7.92. The number of benzene rings is 3. The topological polar surface area (TPSA) is 58.2 Å². The van der Waals surface area contributed by atoms with Crippen LogP contribution in [0.25, 0.3) is 0 Å². The van der Waals surface area contributed by atoms with Gasteiger partial charge in [0.25, 0.3) is 10.0 Å². The molecule has 0 aromatic heterocycles. The Hall–Kier alpha value is -3.12. The smallest absolute Gasteiger partial charge is 0.261 e. The van der Waals surface area contributed by atoms with Crippen LogP contribution in [-0.2, 0) is 15.4 Å². The lowest BCUT2D eigenvalue weighted by Crippen LogP contribution is -2.29. The molecule has 0 radical (unpaired) electrons. The van der Waals surface area contributed by atoms with Gasteiger partial charge in [-0.3, -0.25) is 4.72 Å². The van der Waals surface area contributed by atoms with Crippen LogP contribution >= 0.6 is 0 Å². The molecule has 1 aliphatic heterocycles. The molecule has 3 aromatic carbocycles. The van der Waals surface area contributed by atoms with E-state index in [1.165, 1.54) is 29.3 Å². The van der Waals surface area contributed by atoms with Crippen molar-refractivity contribution in [2.75, 3.05) is 10.0 Å². The van der Waals surface area contributed by atoms with Crippen LogP contribution in [0, 0.1) is 11.7 Å². The van der Waals surface area contributed by atoms with Crippen LogP contribution in [0.2, 0.25) is 0 Å². The molecule has 0 spiro atoms. The lowest BCUT2D eigenvalue weighted by molar-refractivity contribution is 0.425. The number of hydrogen-bond acceptors (Lipinski definition) is 3. The molecule has 3 atom stereocenters. The van der Waals surface area contributed by atoms with Crippen molar-refractivity contribution in [2.24, 2.45) is 5.92 Å². The molecule has 0 fully saturated rings. The summed E-state index contributed by atoms with van der Waals surface area (Å²) in [6.07, 6.45) is 5.29. The molecule has 1 aliphatic carbocycles. The highest BCUT2D eigenvalue weighted by atomic mass is 32.2. The van der Waals surface area contributed by atoms with Gasteiger partial charge in [0, 0.05) is 11.6 Å². The Morgan fingerprint density at radius 3 is 2.44 bits per heavy atom. The van der Waals surface area contributed by atoms with Crippen molar-refractivity contribution < 1.29 is 12.8 Å². The largest absolute Gasteiger partial charge is 0.378 e. The number of nitrogens with one attached hydrogen (secondary N) is 2. The van der Waals surface area contributed by atoms with E-state index in [-0.39, 0.29) is 28.0 Å². The van der Waals surface area contributed by atoms with E-state index in [0.717, 1.165) is 17.7 Å². The maximum absolute atomic E-state index is 14.0. The molecule has 0 amide bonds. The van der Waals surface area contributed by atoms with Crippen LogP contribution in [0.3, 0.4) is 0 Å². The fraction of sp³-hybridized carbons (Fsp3) is 0.286. The number of halogens is 1. The molecule has 34 heavy (non-hydrogen) atoms. The molecule has 6 heteroatoms. The minimum atomic E-state index is -3.92. The summed E-state index contributed by atoms with van der Waals surface area (Å²) in [6, 6.07) is 19.8. The Morgan fingerprint density at radius 1 is 1.00 bits per heavy atom. The third kappa shape index (κ3) is 4.11. The minimum Gasteiger partial charge on any atom is -0.378 e. The molecular weight excluding hydrogens is 447 g/mol. The Balaban J connectivity index is 1.46. The second-order valence-corrected chi connectivity index (χ2v) is 11.9. The molecule has 0 saturated carbocycles. The molecule has 2 N–H and O–H groups in total. The van der Waals surface area contributed by atoms with Gasteiger partial charge in [-0.05, 0) is 64.8 Å². The number of para-hydroxylation sites is 1. The number of fused-ring (bicyclic) bond motifs is 3. The van der Waals surface area contributed by atoms with E-state index in [1.54, 1.807) is 18.2 Å². The van der Waals surface area contributed by atoms with Crippen LogP contribution < -0.4 is 10.0 Å². The van der Waals surface area contributed by atoms with Gasteiger partial charge in [0.15, 0.2) is 0 Å². The molecule has 3 aromatic rings. The van der Waals surface area contributed by atoms with E-state index < -0.39 is 15.8 Å². The van der Waals surface area contributed by atoms with Gasteiger partial charge >= 0.3 is 0 Å². The average molecular weight is 477 g/mol. The molecule has 0 saturated heterocycles. The molecule has 2 aliphatic rings. The van der Waals surface area contributed by atoms with Gasteiger partial charge in [0.1, 0.15) is 5.82 Å². The van der Waals surface area contributed by atoms with Gasteiger partial charge in [0.05, 0.1) is 16.6 Å². The summed E-state index contributed by atoms with van der Waals surface area (Å²) in [5.41, 5.74) is 4.46. The third-order valence-corrected chi connectivity index (χ3v) is 8.26. The number of hydrogen-bond donors (Lipinski definition) is 2. The van der Waals surface area contributed by atoms with Crippen molar-refractivity contribution in [1.82, 2.24) is 0 Å². The van der Waals surface area contributed by atoms with E-state index in [2.05, 4.69) is 67.2 Å². The van der Waals surface area contributed by atoms with Gasteiger partial charge in [-0.25, -0.2) is 12.8 Å². The zero-order chi connectivity index (χ0) is 24.1. The standard InChI is InChI=1S/C28H29FN2O2S/c1-28(2,3)19-13-11-18(12-14-19)27-22-8-6-7-21(22)23-17-20(15-16-25(23)30-27)34(32,33)31-26-10-5-4-9-24(26)29/h4-7,9-17,21-22,27,30-31H,8H2,1-3H3. The molecule has 0 bridgehead atoms. The van der Waals surface area contributed by atoms with Crippen molar-refractivity contribution in [3.8, 4) is 0 Å². The van der Waals surface area contributed by atoms with Crippen molar-refractivity contribution in [2.45, 2.75) is 49.5 Å². The SMILES string of the molecule is CC(C)(C)c1ccc(C2Nc3ccc(S(=O)(=O)Nc4ccccc4F)cc3C3C=CCC32)cc1. The second kappa shape index (κ2) is 8.27. The highest BCUT2D eigenvalue weighted by Gasteiger charge is 2.38. The van der Waals surface area contributed by atoms with E-state index in [4.69, 9.17) is 0 Å². The summed E-state index contributed by atoms with van der Waals surface area (Å²) in [6.45, 7) is 6.63. The fourth-order valence-corrected chi connectivity index (χ4v) is 6.11. The Kier molecular flexibility index (Phi) is 5.52. The fourth-order valence-electron chi connectivity index (χ4n) is 5.01. The summed E-state index contributed by atoms with van der Waals surface area (Å²) in [7, 11) is -3.92. The third-order valence-electron chi connectivity index (χ3n) is 6.90. The predicted octanol–water partition coefficient (Wildman–Crippen LogP) is 6.75. The lowest BCUT2D eigenvalue weighted by atomic mass is 9.76. The first kappa shape index (κ1) is 22.7. The summed E-state index contributed by atoms with van der Waals surface area (Å²) in [5, 5.41) is 3.67. The number of rotatable bonds is 4. The summed E-state index contributed by atoms with van der Waals surface area (Å²) in [5.74, 6) is -0.192. The van der Waals surface area contributed by atoms with E-state index in [0.29, 0.717) is 5.92 Å². The Labute approximate surface area is 201 Å². The van der Waals surface area contributed by atoms with Crippen LogP contribution in [0.1, 0.15) is 55.8 Å². The van der Waals surface area contributed by atoms with Crippen molar-refractivity contribution in [3.63, 3.8) is 0 Å². The maximum atomic E-state index is 14.0. The molecule has 176 valence electrons. The van der Waals surface area contributed by atoms with E-state index >= 15 is 0 Å². The highest BCUT2D eigenvalue weighted by Crippen LogP contribution is 2.50. The van der Waals surface area contributed by atoms with Gasteiger partial charge in [-0.15, -0.1) is 0 Å². The molecule has 4 nitrogen and oxygen atoms in total. The summed E-state index contributed by atoms with van der Waals surface area (Å²) < 4.78 is 42.4. The number of sulfonamides is 1. The van der Waals surface area contributed by atoms with Crippen molar-refractivity contribution in [1.29, 1.82) is 0 Å². The quantitative estimate of drug-likeness (QED) is 0.410. The Morgan fingerprint density at radius 2 is 1.74 bits per heavy atom. The first-order valence-corrected chi connectivity index (χ1v) is 13.1. The molecule has 1 heterocycles. The lowest BCUT2D eigenvalue weighted by Gasteiger charge is -2.38. The van der Waals surface area contributed by atoms with Gasteiger partial charge in [-0.1, -0.05) is 69.3 Å². The summed E-state index contributed by atoms with van der Waals surface area (Å²) in [4.78, 5) is 0.128. The van der Waals surface area contributed by atoms with Gasteiger partial charge in [0.2, 0.25) is 0 Å². The zero-order valence-electron chi connectivity index (χ0n) is 19.5. The van der Waals surface area contributed by atoms with Crippen molar-refractivity contribution >= 4 is 21.4 Å². The van der Waals surface area contributed by atoms with E-state index in [1.807, 2.05) is 6.07 Å². The minimum absolute atomic E-state index is 0.0595. The zero-order valence-corrected chi connectivity index (χ0v) is 20.4. The van der Waals surface area contributed by atoms with Crippen LogP contribution in [0.15, 0.2) is 83.8 Å². The Bertz CT molecular complexity index is 1360. The first-order valence-electron chi connectivity index (χ1n) is 11.6. The molecular formula is C28H29FN2O2S. The molecule has 3 unspecified atom stereocenters.